The minimum atomic E-state index is -1.68. The maximum absolute atomic E-state index is 10.7. The average Bonchev–Trinajstić information content (AvgIpc) is 2.95. The van der Waals surface area contributed by atoms with Gasteiger partial charge in [-0.3, -0.25) is 0 Å². The Kier molecular flexibility index (Phi) is 4.29. The molecule has 0 heterocycles. The van der Waals surface area contributed by atoms with Gasteiger partial charge in [0.05, 0.1) is 0 Å². The van der Waals surface area contributed by atoms with Gasteiger partial charge in [-0.25, -0.2) is 4.79 Å². The molecular weight excluding hydrogens is 210 g/mol. The topological polar surface area (TPSA) is 78.8 Å². The number of nitrogens with one attached hydrogen (secondary N) is 1. The number of carboxylic acid groups (broad SMARTS) is 1. The molecule has 94 valence electrons. The highest BCUT2D eigenvalue weighted by molar-refractivity contribution is 5.76. The average molecular weight is 231 g/mol. The van der Waals surface area contributed by atoms with Crippen LogP contribution in [-0.2, 0) is 9.53 Å². The molecule has 0 aromatic carbocycles. The summed E-state index contributed by atoms with van der Waals surface area (Å²) in [7, 11) is 1.68. The normalized spacial score (nSPS) is 21.4. The van der Waals surface area contributed by atoms with Crippen LogP contribution in [0.25, 0.3) is 0 Å². The van der Waals surface area contributed by atoms with Gasteiger partial charge in [-0.1, -0.05) is 0 Å². The predicted octanol–water partition coefficient (Wildman–Crippen LogP) is 0.228. The van der Waals surface area contributed by atoms with Crippen LogP contribution in [0.4, 0.5) is 0 Å². The van der Waals surface area contributed by atoms with E-state index < -0.39 is 11.6 Å². The largest absolute Gasteiger partial charge is 0.479 e. The summed E-state index contributed by atoms with van der Waals surface area (Å²) in [5.41, 5.74) is -1.41. The molecule has 0 aromatic rings. The van der Waals surface area contributed by atoms with Gasteiger partial charge in [0.25, 0.3) is 0 Å². The molecule has 16 heavy (non-hydrogen) atoms. The number of ether oxygens (including phenoxy) is 1. The molecule has 0 radical (unpaired) electrons. The van der Waals surface area contributed by atoms with E-state index in [0.717, 1.165) is 32.4 Å². The first-order valence-corrected chi connectivity index (χ1v) is 5.57. The molecule has 1 aliphatic carbocycles. The third kappa shape index (κ3) is 3.73. The van der Waals surface area contributed by atoms with Crippen LogP contribution in [-0.4, -0.2) is 48.6 Å². The van der Waals surface area contributed by atoms with Crippen LogP contribution < -0.4 is 5.32 Å². The van der Waals surface area contributed by atoms with Crippen molar-refractivity contribution in [2.24, 2.45) is 5.41 Å². The van der Waals surface area contributed by atoms with Gasteiger partial charge in [-0.15, -0.1) is 0 Å². The van der Waals surface area contributed by atoms with Crippen LogP contribution in [0.3, 0.4) is 0 Å². The number of hydrogen-bond donors (Lipinski definition) is 3. The molecule has 3 N–H and O–H groups in total. The van der Waals surface area contributed by atoms with Crippen molar-refractivity contribution in [3.63, 3.8) is 0 Å². The Morgan fingerprint density at radius 1 is 1.56 bits per heavy atom. The number of methoxy groups -OCH3 is 1. The number of hydrogen-bond acceptors (Lipinski definition) is 4. The van der Waals surface area contributed by atoms with Crippen LogP contribution in [0.2, 0.25) is 0 Å². The van der Waals surface area contributed by atoms with Gasteiger partial charge in [0, 0.05) is 26.8 Å². The van der Waals surface area contributed by atoms with Crippen molar-refractivity contribution >= 4 is 5.97 Å². The first-order valence-electron chi connectivity index (χ1n) is 5.57. The van der Waals surface area contributed by atoms with Crippen molar-refractivity contribution in [3.05, 3.63) is 0 Å². The number of carboxylic acids is 1. The summed E-state index contributed by atoms with van der Waals surface area (Å²) in [5, 5.41) is 21.2. The Labute approximate surface area is 95.8 Å². The molecule has 0 amide bonds. The molecule has 0 spiro atoms. The van der Waals surface area contributed by atoms with E-state index >= 15 is 0 Å². The molecule has 5 heteroatoms. The van der Waals surface area contributed by atoms with Gasteiger partial charge >= 0.3 is 5.97 Å². The summed E-state index contributed by atoms with van der Waals surface area (Å²) in [5.74, 6) is -1.19. The molecule has 1 atom stereocenters. The zero-order valence-corrected chi connectivity index (χ0v) is 9.95. The molecule has 0 aromatic heterocycles. The Balaban J connectivity index is 2.23. The quantitative estimate of drug-likeness (QED) is 0.557. The Morgan fingerprint density at radius 3 is 2.62 bits per heavy atom. The summed E-state index contributed by atoms with van der Waals surface area (Å²) in [4.78, 5) is 10.7. The van der Waals surface area contributed by atoms with Gasteiger partial charge < -0.3 is 20.3 Å². The Hall–Kier alpha value is -0.650. The lowest BCUT2D eigenvalue weighted by molar-refractivity contribution is -0.156. The zero-order valence-electron chi connectivity index (χ0n) is 9.95. The van der Waals surface area contributed by atoms with Gasteiger partial charge in [-0.2, -0.15) is 0 Å². The van der Waals surface area contributed by atoms with E-state index in [2.05, 4.69) is 5.32 Å². The maximum atomic E-state index is 10.7. The first kappa shape index (κ1) is 13.4. The van der Waals surface area contributed by atoms with Gasteiger partial charge in [-0.05, 0) is 31.6 Å². The van der Waals surface area contributed by atoms with Crippen molar-refractivity contribution in [2.45, 2.75) is 31.8 Å². The monoisotopic (exact) mass is 231 g/mol. The third-order valence-electron chi connectivity index (χ3n) is 3.22. The van der Waals surface area contributed by atoms with Crippen molar-refractivity contribution in [1.29, 1.82) is 0 Å². The van der Waals surface area contributed by atoms with E-state index in [0.29, 0.717) is 0 Å². The lowest BCUT2D eigenvalue weighted by atomic mass is 10.0. The summed E-state index contributed by atoms with van der Waals surface area (Å²) in [6.45, 7) is 2.87. The van der Waals surface area contributed by atoms with Crippen LogP contribution in [0, 0.1) is 5.41 Å². The van der Waals surface area contributed by atoms with E-state index in [1.54, 1.807) is 7.11 Å². The minimum absolute atomic E-state index is 0.0804. The van der Waals surface area contributed by atoms with Gasteiger partial charge in [0.15, 0.2) is 5.60 Å². The number of rotatable bonds is 8. The predicted molar refractivity (Wildman–Crippen MR) is 59.3 cm³/mol. The van der Waals surface area contributed by atoms with E-state index in [9.17, 15) is 9.90 Å². The van der Waals surface area contributed by atoms with Gasteiger partial charge in [0.2, 0.25) is 0 Å². The van der Waals surface area contributed by atoms with Crippen molar-refractivity contribution in [3.8, 4) is 0 Å². The van der Waals surface area contributed by atoms with Gasteiger partial charge in [0.1, 0.15) is 0 Å². The fourth-order valence-corrected chi connectivity index (χ4v) is 1.66. The smallest absolute Gasteiger partial charge is 0.336 e. The van der Waals surface area contributed by atoms with Crippen molar-refractivity contribution < 1.29 is 19.7 Å². The fraction of sp³-hybridized carbons (Fsp3) is 0.909. The summed E-state index contributed by atoms with van der Waals surface area (Å²) in [6, 6.07) is 0. The highest BCUT2D eigenvalue weighted by Gasteiger charge is 2.42. The van der Waals surface area contributed by atoms with Crippen molar-refractivity contribution in [2.75, 3.05) is 26.8 Å². The van der Waals surface area contributed by atoms with E-state index in [4.69, 9.17) is 9.84 Å². The second kappa shape index (κ2) is 5.12. The summed E-state index contributed by atoms with van der Waals surface area (Å²) in [6.07, 6.45) is 3.29. The van der Waals surface area contributed by atoms with E-state index in [1.165, 1.54) is 6.92 Å². The first-order chi connectivity index (χ1) is 7.42. The molecule has 0 saturated heterocycles. The third-order valence-corrected chi connectivity index (χ3v) is 3.22. The molecule has 5 nitrogen and oxygen atoms in total. The molecule has 1 fully saturated rings. The van der Waals surface area contributed by atoms with Crippen molar-refractivity contribution in [1.82, 2.24) is 5.32 Å². The molecule has 1 unspecified atom stereocenters. The van der Waals surface area contributed by atoms with Crippen LogP contribution >= 0.6 is 0 Å². The molecule has 1 aliphatic rings. The fourth-order valence-electron chi connectivity index (χ4n) is 1.66. The van der Waals surface area contributed by atoms with E-state index in [1.807, 2.05) is 0 Å². The summed E-state index contributed by atoms with van der Waals surface area (Å²) >= 11 is 0. The standard InChI is InChI=1S/C11H21NO4/c1-10(15,9(13)14)7-12-8-11(3-4-11)5-6-16-2/h12,15H,3-8H2,1-2H3,(H,13,14). The van der Waals surface area contributed by atoms with Crippen LogP contribution in [0.1, 0.15) is 26.2 Å². The molecular formula is C11H21NO4. The van der Waals surface area contributed by atoms with Crippen LogP contribution in [0.15, 0.2) is 0 Å². The molecule has 0 aliphatic heterocycles. The maximum Gasteiger partial charge on any atom is 0.336 e. The number of carbonyl (C=O) groups is 1. The second-order valence-electron chi connectivity index (χ2n) is 4.93. The van der Waals surface area contributed by atoms with Crippen LogP contribution in [0.5, 0.6) is 0 Å². The minimum Gasteiger partial charge on any atom is -0.479 e. The molecule has 1 saturated carbocycles. The zero-order chi connectivity index (χ0) is 12.2. The Morgan fingerprint density at radius 2 is 2.19 bits per heavy atom. The second-order valence-corrected chi connectivity index (χ2v) is 4.93. The lowest BCUT2D eigenvalue weighted by Crippen LogP contribution is -2.46. The van der Waals surface area contributed by atoms with E-state index in [-0.39, 0.29) is 12.0 Å². The lowest BCUT2D eigenvalue weighted by Gasteiger charge is -2.21. The molecule has 0 bridgehead atoms. The SMILES string of the molecule is COCCC1(CNCC(C)(O)C(=O)O)CC1. The summed E-state index contributed by atoms with van der Waals surface area (Å²) < 4.78 is 5.03. The molecule has 1 rings (SSSR count). The number of aliphatic carboxylic acids is 1. The number of aliphatic hydroxyl groups is 1. The Bertz CT molecular complexity index is 248. The highest BCUT2D eigenvalue weighted by Crippen LogP contribution is 2.48. The highest BCUT2D eigenvalue weighted by atomic mass is 16.5.